The standard InChI is InChI=1S/C12H19NO2/c1-2-15-12(14)10-6-5-9-13-8-4-3-7-11(10)13/h6,11H,2-5,7-9H2,1H3/t11-/m1/s1. The fourth-order valence-electron chi connectivity index (χ4n) is 2.57. The van der Waals surface area contributed by atoms with Crippen LogP contribution in [0.3, 0.4) is 0 Å². The van der Waals surface area contributed by atoms with Crippen LogP contribution in [-0.4, -0.2) is 36.6 Å². The minimum Gasteiger partial charge on any atom is -0.463 e. The zero-order valence-electron chi connectivity index (χ0n) is 9.37. The Labute approximate surface area is 91.1 Å². The van der Waals surface area contributed by atoms with Crippen LogP contribution in [0.5, 0.6) is 0 Å². The van der Waals surface area contributed by atoms with E-state index in [0.29, 0.717) is 12.6 Å². The molecule has 1 atom stereocenters. The highest BCUT2D eigenvalue weighted by Gasteiger charge is 2.31. The van der Waals surface area contributed by atoms with E-state index in [9.17, 15) is 4.79 Å². The molecule has 0 saturated carbocycles. The third-order valence-electron chi connectivity index (χ3n) is 3.26. The largest absolute Gasteiger partial charge is 0.463 e. The summed E-state index contributed by atoms with van der Waals surface area (Å²) in [6.45, 7) is 4.58. The van der Waals surface area contributed by atoms with Gasteiger partial charge < -0.3 is 4.74 Å². The Kier molecular flexibility index (Phi) is 3.41. The molecule has 2 rings (SSSR count). The van der Waals surface area contributed by atoms with Crippen molar-refractivity contribution in [3.05, 3.63) is 11.6 Å². The molecule has 1 fully saturated rings. The van der Waals surface area contributed by atoms with Crippen LogP contribution in [-0.2, 0) is 9.53 Å². The summed E-state index contributed by atoms with van der Waals surface area (Å²) in [6, 6.07) is 0.339. The van der Waals surface area contributed by atoms with Crippen molar-refractivity contribution in [1.29, 1.82) is 0 Å². The van der Waals surface area contributed by atoms with Gasteiger partial charge in [-0.2, -0.15) is 0 Å². The van der Waals surface area contributed by atoms with E-state index in [4.69, 9.17) is 4.74 Å². The first kappa shape index (κ1) is 10.7. The molecule has 0 N–H and O–H groups in total. The van der Waals surface area contributed by atoms with Crippen molar-refractivity contribution in [1.82, 2.24) is 4.90 Å². The SMILES string of the molecule is CCOC(=O)C1=CCCN2CCCC[C@H]12. The van der Waals surface area contributed by atoms with Gasteiger partial charge in [-0.05, 0) is 32.7 Å². The summed E-state index contributed by atoms with van der Waals surface area (Å²) in [7, 11) is 0. The summed E-state index contributed by atoms with van der Waals surface area (Å²) in [5.41, 5.74) is 0.905. The summed E-state index contributed by atoms with van der Waals surface area (Å²) < 4.78 is 5.10. The number of carbonyl (C=O) groups excluding carboxylic acids is 1. The lowest BCUT2D eigenvalue weighted by Gasteiger charge is -2.38. The van der Waals surface area contributed by atoms with E-state index in [0.717, 1.165) is 31.5 Å². The van der Waals surface area contributed by atoms with Gasteiger partial charge >= 0.3 is 5.97 Å². The molecule has 0 spiro atoms. The molecule has 1 saturated heterocycles. The topological polar surface area (TPSA) is 29.5 Å². The predicted molar refractivity (Wildman–Crippen MR) is 58.5 cm³/mol. The predicted octanol–water partition coefficient (Wildman–Crippen LogP) is 1.73. The van der Waals surface area contributed by atoms with E-state index < -0.39 is 0 Å². The minimum atomic E-state index is -0.103. The molecule has 0 unspecified atom stereocenters. The van der Waals surface area contributed by atoms with Crippen LogP contribution in [0.2, 0.25) is 0 Å². The van der Waals surface area contributed by atoms with Crippen molar-refractivity contribution < 1.29 is 9.53 Å². The van der Waals surface area contributed by atoms with Crippen LogP contribution in [0.25, 0.3) is 0 Å². The van der Waals surface area contributed by atoms with Gasteiger partial charge in [0.05, 0.1) is 12.2 Å². The third kappa shape index (κ3) is 2.23. The van der Waals surface area contributed by atoms with Gasteiger partial charge in [-0.15, -0.1) is 0 Å². The third-order valence-corrected chi connectivity index (χ3v) is 3.26. The molecule has 0 aliphatic carbocycles. The minimum absolute atomic E-state index is 0.103. The van der Waals surface area contributed by atoms with Gasteiger partial charge in [0.2, 0.25) is 0 Å². The van der Waals surface area contributed by atoms with Crippen molar-refractivity contribution in [2.24, 2.45) is 0 Å². The molecule has 84 valence electrons. The highest BCUT2D eigenvalue weighted by molar-refractivity contribution is 5.90. The summed E-state index contributed by atoms with van der Waals surface area (Å²) >= 11 is 0. The van der Waals surface area contributed by atoms with Crippen LogP contribution in [0, 0.1) is 0 Å². The van der Waals surface area contributed by atoms with Gasteiger partial charge in [-0.3, -0.25) is 4.90 Å². The summed E-state index contributed by atoms with van der Waals surface area (Å²) in [5.74, 6) is -0.103. The van der Waals surface area contributed by atoms with E-state index in [1.54, 1.807) is 0 Å². The maximum absolute atomic E-state index is 11.7. The van der Waals surface area contributed by atoms with Gasteiger partial charge in [0, 0.05) is 12.6 Å². The fraction of sp³-hybridized carbons (Fsp3) is 0.750. The normalized spacial score (nSPS) is 26.7. The summed E-state index contributed by atoms with van der Waals surface area (Å²) in [6.07, 6.45) is 6.68. The maximum atomic E-state index is 11.7. The molecular formula is C12H19NO2. The van der Waals surface area contributed by atoms with E-state index >= 15 is 0 Å². The van der Waals surface area contributed by atoms with Crippen molar-refractivity contribution >= 4 is 5.97 Å². The number of ether oxygens (including phenoxy) is 1. The number of carbonyl (C=O) groups is 1. The maximum Gasteiger partial charge on any atom is 0.335 e. The van der Waals surface area contributed by atoms with Crippen molar-refractivity contribution in [3.8, 4) is 0 Å². The number of esters is 1. The first-order chi connectivity index (χ1) is 7.33. The number of nitrogens with zero attached hydrogens (tertiary/aromatic N) is 1. The van der Waals surface area contributed by atoms with E-state index in [-0.39, 0.29) is 5.97 Å². The van der Waals surface area contributed by atoms with Gasteiger partial charge in [-0.1, -0.05) is 12.5 Å². The van der Waals surface area contributed by atoms with Crippen molar-refractivity contribution in [2.45, 2.75) is 38.6 Å². The highest BCUT2D eigenvalue weighted by Crippen LogP contribution is 2.27. The van der Waals surface area contributed by atoms with Crippen LogP contribution < -0.4 is 0 Å². The Hall–Kier alpha value is -0.830. The molecule has 2 aliphatic heterocycles. The molecule has 3 nitrogen and oxygen atoms in total. The van der Waals surface area contributed by atoms with Crippen LogP contribution in [0.1, 0.15) is 32.6 Å². The number of hydrogen-bond donors (Lipinski definition) is 0. The molecule has 3 heteroatoms. The zero-order valence-corrected chi connectivity index (χ0v) is 9.37. The van der Waals surface area contributed by atoms with Crippen molar-refractivity contribution in [3.63, 3.8) is 0 Å². The average molecular weight is 209 g/mol. The van der Waals surface area contributed by atoms with Crippen LogP contribution in [0.4, 0.5) is 0 Å². The van der Waals surface area contributed by atoms with E-state index in [2.05, 4.69) is 11.0 Å². The molecule has 0 amide bonds. The van der Waals surface area contributed by atoms with E-state index in [1.165, 1.54) is 12.8 Å². The fourth-order valence-corrected chi connectivity index (χ4v) is 2.57. The van der Waals surface area contributed by atoms with Crippen molar-refractivity contribution in [2.75, 3.05) is 19.7 Å². The lowest BCUT2D eigenvalue weighted by Crippen LogP contribution is -2.45. The zero-order chi connectivity index (χ0) is 10.7. The monoisotopic (exact) mass is 209 g/mol. The lowest BCUT2D eigenvalue weighted by atomic mass is 9.91. The molecule has 0 bridgehead atoms. The molecule has 0 aromatic heterocycles. The smallest absolute Gasteiger partial charge is 0.335 e. The molecule has 2 aliphatic rings. The molecule has 0 aromatic rings. The van der Waals surface area contributed by atoms with Gasteiger partial charge in [0.25, 0.3) is 0 Å². The Morgan fingerprint density at radius 3 is 3.20 bits per heavy atom. The molecular weight excluding hydrogens is 190 g/mol. The average Bonchev–Trinajstić information content (AvgIpc) is 2.28. The van der Waals surface area contributed by atoms with Crippen LogP contribution in [0.15, 0.2) is 11.6 Å². The van der Waals surface area contributed by atoms with Crippen LogP contribution >= 0.6 is 0 Å². The highest BCUT2D eigenvalue weighted by atomic mass is 16.5. The second kappa shape index (κ2) is 4.79. The Morgan fingerprint density at radius 1 is 1.53 bits per heavy atom. The summed E-state index contributed by atoms with van der Waals surface area (Å²) in [4.78, 5) is 14.2. The van der Waals surface area contributed by atoms with Gasteiger partial charge in [0.1, 0.15) is 0 Å². The first-order valence-corrected chi connectivity index (χ1v) is 5.94. The molecule has 2 heterocycles. The number of hydrogen-bond acceptors (Lipinski definition) is 3. The van der Waals surface area contributed by atoms with E-state index in [1.807, 2.05) is 6.92 Å². The van der Waals surface area contributed by atoms with Gasteiger partial charge in [0.15, 0.2) is 0 Å². The second-order valence-electron chi connectivity index (χ2n) is 4.22. The number of fused-ring (bicyclic) bond motifs is 1. The van der Waals surface area contributed by atoms with Gasteiger partial charge in [-0.25, -0.2) is 4.79 Å². The number of piperidine rings is 1. The Morgan fingerprint density at radius 2 is 2.40 bits per heavy atom. The quantitative estimate of drug-likeness (QED) is 0.649. The second-order valence-corrected chi connectivity index (χ2v) is 4.22. The Bertz CT molecular complexity index is 273. The first-order valence-electron chi connectivity index (χ1n) is 5.94. The molecule has 0 radical (unpaired) electrons. The Balaban J connectivity index is 2.08. The molecule has 15 heavy (non-hydrogen) atoms. The number of rotatable bonds is 2. The molecule has 0 aromatic carbocycles. The summed E-state index contributed by atoms with van der Waals surface area (Å²) in [5, 5.41) is 0. The lowest BCUT2D eigenvalue weighted by molar-refractivity contribution is -0.139.